The smallest absolute Gasteiger partial charge is 0.410 e. The quantitative estimate of drug-likeness (QED) is 0.559. The van der Waals surface area contributed by atoms with Crippen LogP contribution >= 0.6 is 0 Å². The minimum atomic E-state index is -0.484. The van der Waals surface area contributed by atoms with Crippen LogP contribution in [0.3, 0.4) is 0 Å². The van der Waals surface area contributed by atoms with Crippen LogP contribution in [0.15, 0.2) is 28.9 Å². The number of carbonyl (C=O) groups excluding carboxylic acids is 1. The second-order valence-corrected chi connectivity index (χ2v) is 10.1. The Hall–Kier alpha value is -2.90. The van der Waals surface area contributed by atoms with Gasteiger partial charge in [0.2, 0.25) is 11.7 Å². The molecule has 170 valence electrons. The van der Waals surface area contributed by atoms with Crippen LogP contribution in [0.25, 0.3) is 22.3 Å². The minimum absolute atomic E-state index is 0.152. The second kappa shape index (κ2) is 7.90. The fraction of sp³-hybridized carbons (Fsp3) is 0.583. The lowest BCUT2D eigenvalue weighted by molar-refractivity contribution is 0.0198. The van der Waals surface area contributed by atoms with Crippen molar-refractivity contribution in [2.75, 3.05) is 13.1 Å². The molecule has 8 nitrogen and oxygen atoms in total. The summed E-state index contributed by atoms with van der Waals surface area (Å²) in [5.41, 5.74) is 1.56. The van der Waals surface area contributed by atoms with Crippen molar-refractivity contribution in [2.45, 2.75) is 70.9 Å². The first-order valence-electron chi connectivity index (χ1n) is 11.6. The van der Waals surface area contributed by atoms with Crippen LogP contribution in [0.2, 0.25) is 0 Å². The number of piperidine rings is 1. The lowest BCUT2D eigenvalue weighted by Gasteiger charge is -2.32. The predicted molar refractivity (Wildman–Crippen MR) is 120 cm³/mol. The second-order valence-electron chi connectivity index (χ2n) is 10.1. The van der Waals surface area contributed by atoms with E-state index in [2.05, 4.69) is 34.0 Å². The Bertz CT molecular complexity index is 1120. The van der Waals surface area contributed by atoms with Gasteiger partial charge < -0.3 is 14.2 Å². The normalized spacial score (nSPS) is 18.8. The van der Waals surface area contributed by atoms with Gasteiger partial charge in [-0.25, -0.2) is 4.79 Å². The summed E-state index contributed by atoms with van der Waals surface area (Å²) in [6.45, 7) is 9.15. The maximum absolute atomic E-state index is 12.3. The molecule has 2 fully saturated rings. The van der Waals surface area contributed by atoms with Crippen LogP contribution in [-0.2, 0) is 4.74 Å². The van der Waals surface area contributed by atoms with Gasteiger partial charge in [-0.05, 0) is 65.4 Å². The fourth-order valence-electron chi connectivity index (χ4n) is 4.43. The SMILES string of the molecule is CC(C1CC1)n1ncc2ccc(-c3noc(C4CCN(C(=O)OC(C)(C)C)CC4)n3)cc21. The van der Waals surface area contributed by atoms with E-state index in [4.69, 9.17) is 14.2 Å². The van der Waals surface area contributed by atoms with Gasteiger partial charge in [-0.3, -0.25) is 4.68 Å². The molecule has 2 aliphatic rings. The van der Waals surface area contributed by atoms with E-state index in [0.29, 0.717) is 30.8 Å². The van der Waals surface area contributed by atoms with E-state index in [0.717, 1.165) is 35.2 Å². The minimum Gasteiger partial charge on any atom is -0.444 e. The third kappa shape index (κ3) is 4.23. The van der Waals surface area contributed by atoms with E-state index in [-0.39, 0.29) is 12.0 Å². The molecule has 0 spiro atoms. The standard InChI is InChI=1S/C24H31N5O3/c1-15(16-5-6-16)29-20-13-18(7-8-19(20)14-25-29)21-26-22(32-27-21)17-9-11-28(12-10-17)23(30)31-24(2,3)4/h7-8,13-17H,5-6,9-12H2,1-4H3. The maximum atomic E-state index is 12.3. The molecule has 3 heterocycles. The molecular formula is C24H31N5O3. The van der Waals surface area contributed by atoms with Gasteiger partial charge in [-0.15, -0.1) is 0 Å². The molecule has 1 aliphatic carbocycles. The number of benzene rings is 1. The van der Waals surface area contributed by atoms with Crippen molar-refractivity contribution in [2.24, 2.45) is 5.92 Å². The van der Waals surface area contributed by atoms with Crippen LogP contribution in [0.1, 0.15) is 71.2 Å². The van der Waals surface area contributed by atoms with E-state index < -0.39 is 5.60 Å². The molecule has 1 aliphatic heterocycles. The summed E-state index contributed by atoms with van der Waals surface area (Å²) >= 11 is 0. The lowest BCUT2D eigenvalue weighted by Crippen LogP contribution is -2.41. The van der Waals surface area contributed by atoms with Crippen molar-refractivity contribution in [3.63, 3.8) is 0 Å². The average molecular weight is 438 g/mol. The average Bonchev–Trinajstić information content (AvgIpc) is 3.34. The van der Waals surface area contributed by atoms with E-state index in [1.54, 1.807) is 4.90 Å². The predicted octanol–water partition coefficient (Wildman–Crippen LogP) is 5.17. The number of likely N-dealkylation sites (tertiary alicyclic amines) is 1. The summed E-state index contributed by atoms with van der Waals surface area (Å²) in [5, 5.41) is 10.0. The molecule has 1 saturated heterocycles. The maximum Gasteiger partial charge on any atom is 0.410 e. The molecule has 1 amide bonds. The zero-order chi connectivity index (χ0) is 22.5. The Morgan fingerprint density at radius 1 is 1.19 bits per heavy atom. The zero-order valence-corrected chi connectivity index (χ0v) is 19.2. The number of ether oxygens (including phenoxy) is 1. The fourth-order valence-corrected chi connectivity index (χ4v) is 4.43. The highest BCUT2D eigenvalue weighted by atomic mass is 16.6. The zero-order valence-electron chi connectivity index (χ0n) is 19.2. The van der Waals surface area contributed by atoms with Crippen LogP contribution in [0.5, 0.6) is 0 Å². The van der Waals surface area contributed by atoms with Crippen molar-refractivity contribution in [1.29, 1.82) is 0 Å². The molecule has 1 unspecified atom stereocenters. The van der Waals surface area contributed by atoms with Gasteiger partial charge in [0.25, 0.3) is 0 Å². The number of rotatable bonds is 4. The van der Waals surface area contributed by atoms with Crippen molar-refractivity contribution < 1.29 is 14.1 Å². The summed E-state index contributed by atoms with van der Waals surface area (Å²) in [7, 11) is 0. The highest BCUT2D eigenvalue weighted by Gasteiger charge is 2.31. The molecule has 0 bridgehead atoms. The number of carbonyl (C=O) groups is 1. The number of fused-ring (bicyclic) bond motifs is 1. The summed E-state index contributed by atoms with van der Waals surface area (Å²) in [4.78, 5) is 18.8. The first kappa shape index (κ1) is 21.0. The number of nitrogens with zero attached hydrogens (tertiary/aromatic N) is 5. The van der Waals surface area contributed by atoms with Crippen molar-refractivity contribution in [1.82, 2.24) is 24.8 Å². The molecule has 32 heavy (non-hydrogen) atoms. The van der Waals surface area contributed by atoms with Crippen LogP contribution in [0, 0.1) is 5.92 Å². The van der Waals surface area contributed by atoms with Crippen molar-refractivity contribution >= 4 is 17.0 Å². The topological polar surface area (TPSA) is 86.3 Å². The molecule has 1 aromatic carbocycles. The largest absolute Gasteiger partial charge is 0.444 e. The molecule has 2 aromatic heterocycles. The lowest BCUT2D eigenvalue weighted by atomic mass is 9.97. The van der Waals surface area contributed by atoms with Crippen molar-refractivity contribution in [3.8, 4) is 11.4 Å². The number of amides is 1. The highest BCUT2D eigenvalue weighted by Crippen LogP contribution is 2.40. The molecule has 3 aromatic rings. The van der Waals surface area contributed by atoms with E-state index >= 15 is 0 Å². The van der Waals surface area contributed by atoms with Gasteiger partial charge in [-0.2, -0.15) is 10.1 Å². The Balaban J connectivity index is 1.29. The molecule has 0 N–H and O–H groups in total. The highest BCUT2D eigenvalue weighted by molar-refractivity contribution is 5.83. The molecule has 5 rings (SSSR count). The van der Waals surface area contributed by atoms with E-state index in [9.17, 15) is 4.79 Å². The molecule has 0 radical (unpaired) electrons. The summed E-state index contributed by atoms with van der Waals surface area (Å²) in [6, 6.07) is 6.61. The number of aromatic nitrogens is 4. The third-order valence-corrected chi connectivity index (χ3v) is 6.48. The monoisotopic (exact) mass is 437 g/mol. The summed E-state index contributed by atoms with van der Waals surface area (Å²) < 4.78 is 13.2. The van der Waals surface area contributed by atoms with Gasteiger partial charge >= 0.3 is 6.09 Å². The van der Waals surface area contributed by atoms with Crippen LogP contribution in [-0.4, -0.2) is 49.6 Å². The van der Waals surface area contributed by atoms with Gasteiger partial charge in [0.05, 0.1) is 17.8 Å². The van der Waals surface area contributed by atoms with Crippen molar-refractivity contribution in [3.05, 3.63) is 30.3 Å². The van der Waals surface area contributed by atoms with Crippen LogP contribution in [0.4, 0.5) is 4.79 Å². The van der Waals surface area contributed by atoms with Gasteiger partial charge in [0.1, 0.15) is 5.60 Å². The van der Waals surface area contributed by atoms with E-state index in [1.165, 1.54) is 12.8 Å². The Kier molecular flexibility index (Phi) is 5.18. The summed E-state index contributed by atoms with van der Waals surface area (Å²) in [6.07, 6.45) is 5.80. The Labute approximate surface area is 187 Å². The summed E-state index contributed by atoms with van der Waals surface area (Å²) in [5.74, 6) is 2.12. The molecule has 1 saturated carbocycles. The molecule has 8 heteroatoms. The van der Waals surface area contributed by atoms with E-state index in [1.807, 2.05) is 33.0 Å². The number of hydrogen-bond donors (Lipinski definition) is 0. The van der Waals surface area contributed by atoms with Gasteiger partial charge in [0.15, 0.2) is 0 Å². The third-order valence-electron chi connectivity index (χ3n) is 6.48. The van der Waals surface area contributed by atoms with Crippen LogP contribution < -0.4 is 0 Å². The van der Waals surface area contributed by atoms with Gasteiger partial charge in [-0.1, -0.05) is 17.3 Å². The first-order chi connectivity index (χ1) is 15.3. The Morgan fingerprint density at radius 2 is 1.94 bits per heavy atom. The number of hydrogen-bond acceptors (Lipinski definition) is 6. The first-order valence-corrected chi connectivity index (χ1v) is 11.6. The molecular weight excluding hydrogens is 406 g/mol. The van der Waals surface area contributed by atoms with Gasteiger partial charge in [0, 0.05) is 30.0 Å². The Morgan fingerprint density at radius 3 is 2.62 bits per heavy atom. The molecule has 1 atom stereocenters.